The fourth-order valence-electron chi connectivity index (χ4n) is 4.30. The second kappa shape index (κ2) is 9.87. The maximum Gasteiger partial charge on any atom is 0.240 e. The zero-order valence-electron chi connectivity index (χ0n) is 20.1. The molecule has 0 radical (unpaired) electrons. The van der Waals surface area contributed by atoms with Crippen LogP contribution in [-0.2, 0) is 4.79 Å². The summed E-state index contributed by atoms with van der Waals surface area (Å²) in [6, 6.07) is 20.3. The van der Waals surface area contributed by atoms with Crippen molar-refractivity contribution >= 4 is 34.1 Å². The maximum atomic E-state index is 12.4. The number of halogens is 1. The van der Waals surface area contributed by atoms with Crippen molar-refractivity contribution in [2.24, 2.45) is 5.10 Å². The molecule has 2 heterocycles. The Morgan fingerprint density at radius 3 is 2.47 bits per heavy atom. The van der Waals surface area contributed by atoms with Gasteiger partial charge in [-0.25, -0.2) is 5.01 Å². The summed E-state index contributed by atoms with van der Waals surface area (Å²) >= 11 is 6.11. The van der Waals surface area contributed by atoms with Crippen LogP contribution in [0.4, 0.5) is 0 Å². The van der Waals surface area contributed by atoms with Crippen LogP contribution in [0.3, 0.4) is 0 Å². The number of aromatic nitrogens is 1. The lowest BCUT2D eigenvalue weighted by Crippen LogP contribution is -2.24. The first kappa shape index (κ1) is 23.6. The average Bonchev–Trinajstić information content (AvgIpc) is 3.35. The van der Waals surface area contributed by atoms with Crippen LogP contribution in [0.5, 0.6) is 23.0 Å². The summed E-state index contributed by atoms with van der Waals surface area (Å²) in [4.78, 5) is 16.8. The number of methoxy groups -OCH3 is 2. The van der Waals surface area contributed by atoms with Gasteiger partial charge in [-0.15, -0.1) is 0 Å². The molecule has 3 aromatic carbocycles. The summed E-state index contributed by atoms with van der Waals surface area (Å²) in [6.07, 6.45) is 2.25. The third-order valence-electron chi connectivity index (χ3n) is 6.11. The highest BCUT2D eigenvalue weighted by Gasteiger charge is 2.32. The maximum absolute atomic E-state index is 12.4. The van der Waals surface area contributed by atoms with Gasteiger partial charge in [-0.05, 0) is 71.8 Å². The Morgan fingerprint density at radius 2 is 1.75 bits per heavy atom. The fraction of sp³-hybridized carbons (Fsp3) is 0.179. The first-order chi connectivity index (χ1) is 17.5. The number of hydrogen-bond donors (Lipinski definition) is 0. The number of carbonyl (C=O) groups excluding carboxylic acids is 1. The first-order valence-electron chi connectivity index (χ1n) is 11.4. The van der Waals surface area contributed by atoms with Crippen molar-refractivity contribution in [3.8, 4) is 23.0 Å². The summed E-state index contributed by atoms with van der Waals surface area (Å²) in [5.74, 6) is 2.37. The topological polar surface area (TPSA) is 73.2 Å². The molecule has 8 heteroatoms. The van der Waals surface area contributed by atoms with Crippen LogP contribution in [0.15, 0.2) is 78.0 Å². The molecule has 1 aliphatic heterocycles. The Kier molecular flexibility index (Phi) is 6.48. The number of carbonyl (C=O) groups is 1. The molecule has 1 amide bonds. The number of amides is 1. The highest BCUT2D eigenvalue weighted by Crippen LogP contribution is 2.40. The van der Waals surface area contributed by atoms with Crippen LogP contribution in [0.25, 0.3) is 10.9 Å². The van der Waals surface area contributed by atoms with Crippen LogP contribution >= 0.6 is 11.6 Å². The number of hydrogen-bond acceptors (Lipinski definition) is 6. The Balaban J connectivity index is 1.44. The van der Waals surface area contributed by atoms with E-state index in [4.69, 9.17) is 25.8 Å². The molecule has 1 aromatic heterocycles. The van der Waals surface area contributed by atoms with Gasteiger partial charge in [0.2, 0.25) is 5.91 Å². The normalized spacial score (nSPS) is 15.1. The van der Waals surface area contributed by atoms with Gasteiger partial charge in [0, 0.05) is 30.0 Å². The molecular weight excluding hydrogens is 478 g/mol. The Labute approximate surface area is 213 Å². The molecule has 1 unspecified atom stereocenters. The van der Waals surface area contributed by atoms with Crippen LogP contribution < -0.4 is 14.2 Å². The molecule has 5 rings (SSSR count). The molecule has 0 saturated carbocycles. The van der Waals surface area contributed by atoms with Gasteiger partial charge >= 0.3 is 0 Å². The Hall–Kier alpha value is -4.10. The van der Waals surface area contributed by atoms with Gasteiger partial charge < -0.3 is 14.2 Å². The highest BCUT2D eigenvalue weighted by atomic mass is 35.5. The fourth-order valence-corrected chi connectivity index (χ4v) is 4.46. The number of hydrazone groups is 1. The summed E-state index contributed by atoms with van der Waals surface area (Å²) in [6.45, 7) is 1.52. The number of rotatable bonds is 6. The highest BCUT2D eigenvalue weighted by molar-refractivity contribution is 6.31. The minimum Gasteiger partial charge on any atom is -0.497 e. The zero-order valence-corrected chi connectivity index (χ0v) is 20.8. The lowest BCUT2D eigenvalue weighted by Gasteiger charge is -2.22. The van der Waals surface area contributed by atoms with Crippen molar-refractivity contribution in [1.82, 2.24) is 9.99 Å². The van der Waals surface area contributed by atoms with Crippen molar-refractivity contribution in [3.63, 3.8) is 0 Å². The largest absolute Gasteiger partial charge is 0.497 e. The third-order valence-corrected chi connectivity index (χ3v) is 6.35. The van der Waals surface area contributed by atoms with Crippen molar-refractivity contribution in [2.45, 2.75) is 19.4 Å². The van der Waals surface area contributed by atoms with E-state index in [9.17, 15) is 4.79 Å². The molecule has 0 fully saturated rings. The van der Waals surface area contributed by atoms with Gasteiger partial charge in [0.15, 0.2) is 11.5 Å². The van der Waals surface area contributed by atoms with Gasteiger partial charge in [0.1, 0.15) is 11.5 Å². The Morgan fingerprint density at radius 1 is 0.944 bits per heavy atom. The van der Waals surface area contributed by atoms with E-state index in [-0.39, 0.29) is 11.9 Å². The molecule has 0 spiro atoms. The Bertz CT molecular complexity index is 1470. The molecule has 0 aliphatic carbocycles. The van der Waals surface area contributed by atoms with E-state index in [1.165, 1.54) is 11.9 Å². The quantitative estimate of drug-likeness (QED) is 0.306. The van der Waals surface area contributed by atoms with Crippen LogP contribution in [0.1, 0.15) is 30.5 Å². The second-order valence-electron chi connectivity index (χ2n) is 8.34. The van der Waals surface area contributed by atoms with Crippen molar-refractivity contribution in [3.05, 3.63) is 89.1 Å². The van der Waals surface area contributed by atoms with Crippen molar-refractivity contribution in [2.75, 3.05) is 14.2 Å². The van der Waals surface area contributed by atoms with Crippen LogP contribution in [0, 0.1) is 0 Å². The molecule has 0 saturated heterocycles. The number of ether oxygens (including phenoxy) is 3. The molecule has 4 aromatic rings. The smallest absolute Gasteiger partial charge is 0.240 e. The second-order valence-corrected chi connectivity index (χ2v) is 8.78. The zero-order chi connectivity index (χ0) is 25.2. The third kappa shape index (κ3) is 4.57. The lowest BCUT2D eigenvalue weighted by molar-refractivity contribution is -0.130. The van der Waals surface area contributed by atoms with E-state index in [2.05, 4.69) is 10.1 Å². The average molecular weight is 502 g/mol. The summed E-state index contributed by atoms with van der Waals surface area (Å²) in [5.41, 5.74) is 3.41. The summed E-state index contributed by atoms with van der Waals surface area (Å²) < 4.78 is 17.1. The standard InChI is InChI=1S/C28H24ClN3O4/c1-17(33)32-25(16-23(31-32)18-4-8-21(34-2)9-5-18)19-6-11-27(28(14-19)35-3)36-26-12-13-30-24-15-20(29)7-10-22(24)26/h4-15,25H,16H2,1-3H3. The van der Waals surface area contributed by atoms with Gasteiger partial charge in [-0.2, -0.15) is 5.10 Å². The summed E-state index contributed by atoms with van der Waals surface area (Å²) in [5, 5.41) is 7.60. The van der Waals surface area contributed by atoms with E-state index in [1.54, 1.807) is 38.6 Å². The minimum atomic E-state index is -0.258. The predicted molar refractivity (Wildman–Crippen MR) is 139 cm³/mol. The number of benzene rings is 3. The molecule has 1 atom stereocenters. The number of pyridine rings is 1. The van der Waals surface area contributed by atoms with Crippen LogP contribution in [-0.4, -0.2) is 35.8 Å². The van der Waals surface area contributed by atoms with E-state index >= 15 is 0 Å². The number of nitrogens with zero attached hydrogens (tertiary/aromatic N) is 3. The van der Waals surface area contributed by atoms with Crippen LogP contribution in [0.2, 0.25) is 5.02 Å². The SMILES string of the molecule is COc1ccc(C2=NN(C(C)=O)C(c3ccc(Oc4ccnc5cc(Cl)ccc45)c(OC)c3)C2)cc1. The van der Waals surface area contributed by atoms with E-state index in [0.717, 1.165) is 33.5 Å². The molecule has 0 bridgehead atoms. The van der Waals surface area contributed by atoms with E-state index < -0.39 is 0 Å². The first-order valence-corrected chi connectivity index (χ1v) is 11.8. The van der Waals surface area contributed by atoms with Crippen molar-refractivity contribution in [1.29, 1.82) is 0 Å². The van der Waals surface area contributed by atoms with E-state index in [1.807, 2.05) is 48.5 Å². The van der Waals surface area contributed by atoms with Crippen molar-refractivity contribution < 1.29 is 19.0 Å². The van der Waals surface area contributed by atoms with Gasteiger partial charge in [-0.1, -0.05) is 17.7 Å². The van der Waals surface area contributed by atoms with E-state index in [0.29, 0.717) is 28.7 Å². The molecular formula is C28H24ClN3O4. The molecule has 36 heavy (non-hydrogen) atoms. The summed E-state index contributed by atoms with van der Waals surface area (Å²) in [7, 11) is 3.22. The lowest BCUT2D eigenvalue weighted by atomic mass is 9.98. The number of fused-ring (bicyclic) bond motifs is 1. The monoisotopic (exact) mass is 501 g/mol. The van der Waals surface area contributed by atoms with Gasteiger partial charge in [0.05, 0.1) is 31.5 Å². The molecule has 1 aliphatic rings. The van der Waals surface area contributed by atoms with Gasteiger partial charge in [0.25, 0.3) is 0 Å². The van der Waals surface area contributed by atoms with Gasteiger partial charge in [-0.3, -0.25) is 9.78 Å². The molecule has 7 nitrogen and oxygen atoms in total. The molecule has 0 N–H and O–H groups in total. The molecule has 182 valence electrons. The predicted octanol–water partition coefficient (Wildman–Crippen LogP) is 6.40. The minimum absolute atomic E-state index is 0.135.